The van der Waals surface area contributed by atoms with Crippen molar-refractivity contribution < 1.29 is 18.1 Å². The van der Waals surface area contributed by atoms with Gasteiger partial charge in [0.25, 0.3) is 10.1 Å². The molecule has 1 atom stereocenters. The summed E-state index contributed by atoms with van der Waals surface area (Å²) >= 11 is 0. The van der Waals surface area contributed by atoms with Crippen LogP contribution < -0.4 is 0 Å². The summed E-state index contributed by atoms with van der Waals surface area (Å²) in [5, 5.41) is 7.82. The third-order valence-corrected chi connectivity index (χ3v) is 3.11. The van der Waals surface area contributed by atoms with Gasteiger partial charge < -0.3 is 5.11 Å². The monoisotopic (exact) mass is 210 g/mol. The van der Waals surface area contributed by atoms with Crippen molar-refractivity contribution in [3.63, 3.8) is 0 Å². The van der Waals surface area contributed by atoms with Crippen LogP contribution in [0.4, 0.5) is 0 Å². The van der Waals surface area contributed by atoms with E-state index in [0.717, 1.165) is 0 Å². The zero-order valence-electron chi connectivity index (χ0n) is 8.10. The molecule has 0 aliphatic rings. The van der Waals surface area contributed by atoms with Crippen molar-refractivity contribution in [3.8, 4) is 0 Å². The van der Waals surface area contributed by atoms with Gasteiger partial charge in [-0.3, -0.25) is 4.55 Å². The van der Waals surface area contributed by atoms with Gasteiger partial charge >= 0.3 is 0 Å². The van der Waals surface area contributed by atoms with Gasteiger partial charge in [0, 0.05) is 6.61 Å². The van der Waals surface area contributed by atoms with Crippen molar-refractivity contribution in [2.45, 2.75) is 38.4 Å². The summed E-state index contributed by atoms with van der Waals surface area (Å²) in [6.07, 6.45) is 1.18. The van der Waals surface area contributed by atoms with Crippen LogP contribution in [-0.2, 0) is 10.1 Å². The minimum atomic E-state index is -3.94. The Balaban J connectivity index is 4.21. The number of hydrogen-bond acceptors (Lipinski definition) is 3. The Morgan fingerprint density at radius 3 is 2.15 bits per heavy atom. The van der Waals surface area contributed by atoms with Gasteiger partial charge in [-0.25, -0.2) is 0 Å². The Kier molecular flexibility index (Phi) is 5.51. The van der Waals surface area contributed by atoms with Crippen LogP contribution in [0.3, 0.4) is 0 Å². The molecular formula is C8H18O4S. The second kappa shape index (κ2) is 5.57. The van der Waals surface area contributed by atoms with E-state index < -0.39 is 15.4 Å². The topological polar surface area (TPSA) is 74.6 Å². The Bertz CT molecular complexity index is 220. The summed E-state index contributed by atoms with van der Waals surface area (Å²) in [7, 11) is -3.94. The number of aliphatic hydroxyl groups is 1. The first-order valence-corrected chi connectivity index (χ1v) is 5.95. The third kappa shape index (κ3) is 6.01. The Morgan fingerprint density at radius 2 is 1.85 bits per heavy atom. The molecular weight excluding hydrogens is 192 g/mol. The van der Waals surface area contributed by atoms with Crippen molar-refractivity contribution in [2.75, 3.05) is 6.61 Å². The van der Waals surface area contributed by atoms with Gasteiger partial charge in [0.1, 0.15) is 0 Å². The van der Waals surface area contributed by atoms with E-state index in [9.17, 15) is 8.42 Å². The maximum absolute atomic E-state index is 10.8. The summed E-state index contributed by atoms with van der Waals surface area (Å²) in [6, 6.07) is 0. The molecule has 13 heavy (non-hydrogen) atoms. The summed E-state index contributed by atoms with van der Waals surface area (Å²) in [4.78, 5) is 0. The average molecular weight is 210 g/mol. The molecule has 5 heteroatoms. The second-order valence-electron chi connectivity index (χ2n) is 3.63. The summed E-state index contributed by atoms with van der Waals surface area (Å²) in [6.45, 7) is 3.76. The Labute approximate surface area is 79.7 Å². The van der Waals surface area contributed by atoms with Crippen molar-refractivity contribution in [1.82, 2.24) is 0 Å². The molecule has 0 fully saturated rings. The van der Waals surface area contributed by atoms with Crippen LogP contribution in [-0.4, -0.2) is 29.9 Å². The number of rotatable bonds is 6. The van der Waals surface area contributed by atoms with E-state index in [1.54, 1.807) is 0 Å². The fourth-order valence-electron chi connectivity index (χ4n) is 1.23. The lowest BCUT2D eigenvalue weighted by Crippen LogP contribution is -2.22. The highest BCUT2D eigenvalue weighted by molar-refractivity contribution is 7.86. The van der Waals surface area contributed by atoms with Crippen LogP contribution in [0.1, 0.15) is 33.1 Å². The zero-order chi connectivity index (χ0) is 10.5. The molecule has 80 valence electrons. The van der Waals surface area contributed by atoms with E-state index in [0.29, 0.717) is 19.3 Å². The Morgan fingerprint density at radius 1 is 1.31 bits per heavy atom. The van der Waals surface area contributed by atoms with Gasteiger partial charge in [-0.1, -0.05) is 13.8 Å². The molecule has 1 unspecified atom stereocenters. The zero-order valence-corrected chi connectivity index (χ0v) is 8.92. The molecule has 0 aliphatic heterocycles. The van der Waals surface area contributed by atoms with Crippen molar-refractivity contribution >= 4 is 10.1 Å². The lowest BCUT2D eigenvalue weighted by Gasteiger charge is -2.14. The van der Waals surface area contributed by atoms with E-state index in [1.807, 2.05) is 13.8 Å². The SMILES string of the molecule is CC(C)CC(CCCO)S(=O)(=O)O. The van der Waals surface area contributed by atoms with Crippen LogP contribution in [0.25, 0.3) is 0 Å². The summed E-state index contributed by atoms with van der Waals surface area (Å²) in [5.74, 6) is 0.227. The molecule has 4 nitrogen and oxygen atoms in total. The molecule has 0 heterocycles. The first-order chi connectivity index (χ1) is 5.88. The molecule has 0 aromatic carbocycles. The maximum Gasteiger partial charge on any atom is 0.267 e. The highest BCUT2D eigenvalue weighted by Gasteiger charge is 2.23. The lowest BCUT2D eigenvalue weighted by atomic mass is 10.1. The number of aliphatic hydroxyl groups excluding tert-OH is 1. The molecule has 0 radical (unpaired) electrons. The van der Waals surface area contributed by atoms with Crippen LogP contribution >= 0.6 is 0 Å². The lowest BCUT2D eigenvalue weighted by molar-refractivity contribution is 0.280. The van der Waals surface area contributed by atoms with Crippen molar-refractivity contribution in [3.05, 3.63) is 0 Å². The van der Waals surface area contributed by atoms with Gasteiger partial charge in [-0.05, 0) is 25.2 Å². The van der Waals surface area contributed by atoms with E-state index in [4.69, 9.17) is 9.66 Å². The van der Waals surface area contributed by atoms with Crippen molar-refractivity contribution in [1.29, 1.82) is 0 Å². The second-order valence-corrected chi connectivity index (χ2v) is 5.33. The summed E-state index contributed by atoms with van der Waals surface area (Å²) in [5.41, 5.74) is 0. The quantitative estimate of drug-likeness (QED) is 0.643. The fraction of sp³-hybridized carbons (Fsp3) is 1.00. The van der Waals surface area contributed by atoms with Crippen LogP contribution in [0.2, 0.25) is 0 Å². The molecule has 0 saturated carbocycles. The molecule has 0 aromatic rings. The van der Waals surface area contributed by atoms with Crippen molar-refractivity contribution in [2.24, 2.45) is 5.92 Å². The average Bonchev–Trinajstić information content (AvgIpc) is 1.95. The van der Waals surface area contributed by atoms with E-state index >= 15 is 0 Å². The van der Waals surface area contributed by atoms with E-state index in [2.05, 4.69) is 0 Å². The minimum Gasteiger partial charge on any atom is -0.396 e. The molecule has 2 N–H and O–H groups in total. The van der Waals surface area contributed by atoms with Crippen LogP contribution in [0.15, 0.2) is 0 Å². The van der Waals surface area contributed by atoms with E-state index in [1.165, 1.54) is 0 Å². The largest absolute Gasteiger partial charge is 0.396 e. The Hall–Kier alpha value is -0.130. The molecule has 0 amide bonds. The normalized spacial score (nSPS) is 14.8. The van der Waals surface area contributed by atoms with E-state index in [-0.39, 0.29) is 12.5 Å². The summed E-state index contributed by atoms with van der Waals surface area (Å²) < 4.78 is 30.5. The highest BCUT2D eigenvalue weighted by atomic mass is 32.2. The van der Waals surface area contributed by atoms with Gasteiger partial charge in [-0.2, -0.15) is 8.42 Å². The van der Waals surface area contributed by atoms with Crippen LogP contribution in [0, 0.1) is 5.92 Å². The van der Waals surface area contributed by atoms with Gasteiger partial charge in [-0.15, -0.1) is 0 Å². The smallest absolute Gasteiger partial charge is 0.267 e. The third-order valence-electron chi connectivity index (χ3n) is 1.84. The predicted octanol–water partition coefficient (Wildman–Crippen LogP) is 1.06. The molecule has 0 aromatic heterocycles. The van der Waals surface area contributed by atoms with Gasteiger partial charge in [0.2, 0.25) is 0 Å². The predicted molar refractivity (Wildman–Crippen MR) is 51.1 cm³/mol. The molecule has 0 aliphatic carbocycles. The van der Waals surface area contributed by atoms with Gasteiger partial charge in [0.15, 0.2) is 0 Å². The molecule has 0 bridgehead atoms. The minimum absolute atomic E-state index is 0.0376. The number of hydrogen-bond donors (Lipinski definition) is 2. The molecule has 0 saturated heterocycles. The van der Waals surface area contributed by atoms with Crippen LogP contribution in [0.5, 0.6) is 0 Å². The first kappa shape index (κ1) is 12.9. The highest BCUT2D eigenvalue weighted by Crippen LogP contribution is 2.16. The fourth-order valence-corrected chi connectivity index (χ4v) is 2.33. The first-order valence-electron chi connectivity index (χ1n) is 4.45. The molecule has 0 spiro atoms. The molecule has 0 rings (SSSR count). The standard InChI is InChI=1S/C8H18O4S/c1-7(2)6-8(4-3-5-9)13(10,11)12/h7-9H,3-6H2,1-2H3,(H,10,11,12). The van der Waals surface area contributed by atoms with Gasteiger partial charge in [0.05, 0.1) is 5.25 Å². The maximum atomic E-state index is 10.8.